The topological polar surface area (TPSA) is 42.3 Å². The van der Waals surface area contributed by atoms with Crippen molar-refractivity contribution in [2.75, 3.05) is 0 Å². The van der Waals surface area contributed by atoms with Crippen LogP contribution >= 0.6 is 0 Å². The van der Waals surface area contributed by atoms with Crippen LogP contribution in [0.1, 0.15) is 57.9 Å². The van der Waals surface area contributed by atoms with Crippen molar-refractivity contribution in [1.82, 2.24) is 4.98 Å². The molecule has 28 heavy (non-hydrogen) atoms. The second-order valence-electron chi connectivity index (χ2n) is 9.88. The molecule has 2 unspecified atom stereocenters. The Bertz CT molecular complexity index is 849. The maximum Gasteiger partial charge on any atom is 0.122 e. The van der Waals surface area contributed by atoms with E-state index in [2.05, 4.69) is 36.2 Å². The van der Waals surface area contributed by atoms with Gasteiger partial charge in [0.05, 0.1) is 0 Å². The van der Waals surface area contributed by atoms with E-state index in [1.165, 1.54) is 11.1 Å². The van der Waals surface area contributed by atoms with E-state index in [4.69, 9.17) is 0 Å². The number of alkyl halides is 1. The Labute approximate surface area is 166 Å². The van der Waals surface area contributed by atoms with Crippen molar-refractivity contribution in [3.05, 3.63) is 52.7 Å². The number of aromatic nitrogens is 1. The van der Waals surface area contributed by atoms with Gasteiger partial charge < -0.3 is 0 Å². The molecular weight excluding hydrogens is 351 g/mol. The Morgan fingerprint density at radius 2 is 2.00 bits per heavy atom. The number of pyridine rings is 1. The minimum Gasteiger partial charge on any atom is -0.264 e. The first kappa shape index (κ1) is 18.2. The van der Waals surface area contributed by atoms with Crippen molar-refractivity contribution >= 4 is 5.57 Å². The van der Waals surface area contributed by atoms with Crippen LogP contribution in [0.4, 0.5) is 4.39 Å². The molecule has 1 aromatic heterocycles. The minimum atomic E-state index is -0.930. The molecule has 3 nitrogen and oxygen atoms in total. The highest BCUT2D eigenvalue weighted by Gasteiger charge is 2.59. The fraction of sp³-hybridized carbons (Fsp3) is 0.625. The number of fused-ring (bicyclic) bond motifs is 5. The average Bonchev–Trinajstić information content (AvgIpc) is 3.06. The molecule has 4 aliphatic carbocycles. The number of halogens is 1. The van der Waals surface area contributed by atoms with Gasteiger partial charge in [-0.25, -0.2) is 4.39 Å². The van der Waals surface area contributed by atoms with Crippen molar-refractivity contribution in [2.24, 2.45) is 33.8 Å². The standard InChI is InChI=1S/C24H29FN2O/c1-23-10-8-20-17(19(23)6-5-18(23)15-4-3-11-26-14-15)13-22(25)21-12-16(27-28)7-9-24(20,21)2/h3-5,11-12,14,16-17,19-20,22H,6-10,13H2,1-2H3/t16?,17-,19-,20-,22?,23+,24+/m0/s1. The summed E-state index contributed by atoms with van der Waals surface area (Å²) in [5, 5.41) is 3.21. The Balaban J connectivity index is 1.49. The zero-order valence-corrected chi connectivity index (χ0v) is 16.8. The van der Waals surface area contributed by atoms with Crippen LogP contribution < -0.4 is 0 Å². The number of rotatable bonds is 2. The Morgan fingerprint density at radius 3 is 2.75 bits per heavy atom. The van der Waals surface area contributed by atoms with E-state index in [-0.39, 0.29) is 16.9 Å². The average molecular weight is 381 g/mol. The van der Waals surface area contributed by atoms with Gasteiger partial charge in [0.2, 0.25) is 0 Å². The van der Waals surface area contributed by atoms with Crippen LogP contribution in [0, 0.1) is 33.5 Å². The van der Waals surface area contributed by atoms with E-state index in [1.54, 1.807) is 0 Å². The summed E-state index contributed by atoms with van der Waals surface area (Å²) in [6.07, 6.45) is 12.7. The van der Waals surface area contributed by atoms with E-state index >= 15 is 4.39 Å². The predicted octanol–water partition coefficient (Wildman–Crippen LogP) is 6.12. The highest BCUT2D eigenvalue weighted by Crippen LogP contribution is 2.67. The first-order chi connectivity index (χ1) is 13.5. The van der Waals surface area contributed by atoms with Crippen LogP contribution in [-0.4, -0.2) is 17.2 Å². The molecule has 2 saturated carbocycles. The molecule has 1 aromatic rings. The van der Waals surface area contributed by atoms with Crippen molar-refractivity contribution < 1.29 is 4.39 Å². The van der Waals surface area contributed by atoms with Gasteiger partial charge in [0, 0.05) is 12.4 Å². The molecule has 1 heterocycles. The first-order valence-corrected chi connectivity index (χ1v) is 10.8. The van der Waals surface area contributed by atoms with Gasteiger partial charge in [0.15, 0.2) is 0 Å². The second kappa shape index (κ2) is 6.33. The summed E-state index contributed by atoms with van der Waals surface area (Å²) in [6, 6.07) is 3.83. The van der Waals surface area contributed by atoms with E-state index < -0.39 is 6.17 Å². The lowest BCUT2D eigenvalue weighted by atomic mass is 9.46. The van der Waals surface area contributed by atoms with Gasteiger partial charge in [-0.3, -0.25) is 4.98 Å². The number of nitrogens with zero attached hydrogens (tertiary/aromatic N) is 2. The molecule has 2 fully saturated rings. The van der Waals surface area contributed by atoms with Gasteiger partial charge in [-0.05, 0) is 89.9 Å². The normalized spacial score (nSPS) is 44.6. The molecule has 0 amide bonds. The Kier molecular flexibility index (Phi) is 4.12. The van der Waals surface area contributed by atoms with Crippen molar-refractivity contribution in [3.63, 3.8) is 0 Å². The summed E-state index contributed by atoms with van der Waals surface area (Å²) >= 11 is 0. The maximum absolute atomic E-state index is 15.4. The van der Waals surface area contributed by atoms with Gasteiger partial charge in [-0.2, -0.15) is 4.91 Å². The largest absolute Gasteiger partial charge is 0.264 e. The van der Waals surface area contributed by atoms with Crippen LogP contribution in [0.25, 0.3) is 5.57 Å². The monoisotopic (exact) mass is 380 g/mol. The van der Waals surface area contributed by atoms with Crippen LogP contribution in [0.2, 0.25) is 0 Å². The smallest absolute Gasteiger partial charge is 0.122 e. The zero-order valence-electron chi connectivity index (χ0n) is 16.8. The van der Waals surface area contributed by atoms with Crippen molar-refractivity contribution in [3.8, 4) is 0 Å². The molecular formula is C24H29FN2O. The van der Waals surface area contributed by atoms with E-state index in [9.17, 15) is 4.91 Å². The van der Waals surface area contributed by atoms with E-state index in [0.29, 0.717) is 24.2 Å². The van der Waals surface area contributed by atoms with Crippen molar-refractivity contribution in [1.29, 1.82) is 0 Å². The third-order valence-corrected chi connectivity index (χ3v) is 8.75. The lowest BCUT2D eigenvalue weighted by Gasteiger charge is -2.58. The molecule has 0 bridgehead atoms. The molecule has 7 atom stereocenters. The molecule has 0 spiro atoms. The Hall–Kier alpha value is -1.84. The van der Waals surface area contributed by atoms with Gasteiger partial charge in [-0.15, -0.1) is 0 Å². The Morgan fingerprint density at radius 1 is 1.18 bits per heavy atom. The minimum absolute atomic E-state index is 0.109. The molecule has 148 valence electrons. The molecule has 5 rings (SSSR count). The van der Waals surface area contributed by atoms with E-state index in [0.717, 1.165) is 37.7 Å². The van der Waals surface area contributed by atoms with Gasteiger partial charge in [0.25, 0.3) is 0 Å². The lowest BCUT2D eigenvalue weighted by Crippen LogP contribution is -2.52. The predicted molar refractivity (Wildman–Crippen MR) is 109 cm³/mol. The lowest BCUT2D eigenvalue weighted by molar-refractivity contribution is -0.0429. The third kappa shape index (κ3) is 2.42. The molecule has 0 N–H and O–H groups in total. The van der Waals surface area contributed by atoms with Gasteiger partial charge >= 0.3 is 0 Å². The SMILES string of the molecule is C[C@]12CCC(N=O)C=C1C(F)C[C@@H]1[C@@H]2CC[C@]2(C)C(c3cccnc3)=CC[C@@H]12. The number of hydrogen-bond acceptors (Lipinski definition) is 3. The summed E-state index contributed by atoms with van der Waals surface area (Å²) in [4.78, 5) is 15.4. The summed E-state index contributed by atoms with van der Waals surface area (Å²) in [7, 11) is 0. The molecule has 0 aromatic carbocycles. The molecule has 4 heteroatoms. The van der Waals surface area contributed by atoms with Gasteiger partial charge in [-0.1, -0.05) is 37.2 Å². The fourth-order valence-corrected chi connectivity index (χ4v) is 7.33. The summed E-state index contributed by atoms with van der Waals surface area (Å²) in [5.41, 5.74) is 3.53. The number of hydrogen-bond donors (Lipinski definition) is 0. The van der Waals surface area contributed by atoms with Crippen LogP contribution in [0.5, 0.6) is 0 Å². The summed E-state index contributed by atoms with van der Waals surface area (Å²) in [6.45, 7) is 4.66. The van der Waals surface area contributed by atoms with Crippen LogP contribution in [0.3, 0.4) is 0 Å². The summed E-state index contributed by atoms with van der Waals surface area (Å²) in [5.74, 6) is 1.42. The maximum atomic E-state index is 15.4. The second-order valence-corrected chi connectivity index (χ2v) is 9.88. The number of nitroso groups, excluding NO2 is 1. The van der Waals surface area contributed by atoms with Crippen LogP contribution in [-0.2, 0) is 0 Å². The fourth-order valence-electron chi connectivity index (χ4n) is 7.33. The summed E-state index contributed by atoms with van der Waals surface area (Å²) < 4.78 is 15.4. The quantitative estimate of drug-likeness (QED) is 0.458. The molecule has 0 saturated heterocycles. The zero-order chi connectivity index (χ0) is 19.5. The highest BCUT2D eigenvalue weighted by molar-refractivity contribution is 5.72. The highest BCUT2D eigenvalue weighted by atomic mass is 19.1. The first-order valence-electron chi connectivity index (χ1n) is 10.8. The number of allylic oxidation sites excluding steroid dienone is 3. The molecule has 0 radical (unpaired) electrons. The van der Waals surface area contributed by atoms with Crippen LogP contribution in [0.15, 0.2) is 47.4 Å². The van der Waals surface area contributed by atoms with E-state index in [1.807, 2.05) is 24.5 Å². The molecule has 4 aliphatic rings. The van der Waals surface area contributed by atoms with Gasteiger partial charge in [0.1, 0.15) is 12.2 Å². The van der Waals surface area contributed by atoms with Crippen molar-refractivity contribution in [2.45, 2.75) is 64.6 Å². The molecule has 0 aliphatic heterocycles. The third-order valence-electron chi connectivity index (χ3n) is 8.75.